The molecule has 0 fully saturated rings. The Morgan fingerprint density at radius 1 is 1.47 bits per heavy atom. The van der Waals surface area contributed by atoms with Gasteiger partial charge in [0.05, 0.1) is 24.9 Å². The maximum absolute atomic E-state index is 12.2. The van der Waals surface area contributed by atoms with Crippen LogP contribution in [0.1, 0.15) is 11.4 Å². The first kappa shape index (κ1) is 15.0. The number of carbonyl (C=O) groups excluding carboxylic acids is 1. The predicted molar refractivity (Wildman–Crippen MR) is 56.2 cm³/mol. The van der Waals surface area contributed by atoms with Crippen LogP contribution in [0.2, 0.25) is 0 Å². The molecular formula is C10H11F3N2O4. The Morgan fingerprint density at radius 3 is 2.58 bits per heavy atom. The van der Waals surface area contributed by atoms with Crippen LogP contribution in [-0.2, 0) is 22.5 Å². The fourth-order valence-corrected chi connectivity index (χ4v) is 1.26. The third-order valence-corrected chi connectivity index (χ3v) is 2.08. The van der Waals surface area contributed by atoms with Crippen molar-refractivity contribution in [3.05, 3.63) is 17.5 Å². The quantitative estimate of drug-likeness (QED) is 0.794. The van der Waals surface area contributed by atoms with Crippen molar-refractivity contribution in [1.82, 2.24) is 4.98 Å². The Bertz CT molecular complexity index is 477. The van der Waals surface area contributed by atoms with Crippen LogP contribution in [0.25, 0.3) is 0 Å². The number of esters is 1. The lowest BCUT2D eigenvalue weighted by atomic mass is 10.2. The second-order valence-electron chi connectivity index (χ2n) is 3.40. The summed E-state index contributed by atoms with van der Waals surface area (Å²) in [4.78, 5) is 14.8. The number of carbonyl (C=O) groups is 1. The van der Waals surface area contributed by atoms with Gasteiger partial charge in [-0.25, -0.2) is 4.98 Å². The van der Waals surface area contributed by atoms with Crippen molar-refractivity contribution < 1.29 is 32.5 Å². The van der Waals surface area contributed by atoms with Gasteiger partial charge in [0.25, 0.3) is 0 Å². The lowest BCUT2D eigenvalue weighted by Crippen LogP contribution is -2.20. The highest BCUT2D eigenvalue weighted by Gasteiger charge is 2.33. The molecule has 6 nitrogen and oxygen atoms in total. The van der Waals surface area contributed by atoms with E-state index in [2.05, 4.69) is 14.5 Å². The summed E-state index contributed by atoms with van der Waals surface area (Å²) in [5.41, 5.74) is 4.89. The van der Waals surface area contributed by atoms with E-state index in [-0.39, 0.29) is 17.9 Å². The molecule has 0 spiro atoms. The summed E-state index contributed by atoms with van der Waals surface area (Å²) in [5.74, 6) is -2.11. The molecule has 0 atom stereocenters. The molecule has 106 valence electrons. The monoisotopic (exact) mass is 280 g/mol. The van der Waals surface area contributed by atoms with E-state index >= 15 is 0 Å². The van der Waals surface area contributed by atoms with Crippen molar-refractivity contribution >= 4 is 5.97 Å². The zero-order chi connectivity index (χ0) is 14.6. The topological polar surface area (TPSA) is 94.7 Å². The van der Waals surface area contributed by atoms with E-state index < -0.39 is 30.3 Å². The number of nitrogens with two attached hydrogens (primary N) is 1. The molecule has 0 unspecified atom stereocenters. The standard InChI is InChI=1S/C10H11F3N2O4/c1-18-9(17)2-5-8(19-10(11,12)13)3-7(16)6(4-14)15-5/h3,16H,2,4,14H2,1H3. The fourth-order valence-electron chi connectivity index (χ4n) is 1.26. The van der Waals surface area contributed by atoms with E-state index in [4.69, 9.17) is 5.73 Å². The molecule has 0 amide bonds. The molecule has 19 heavy (non-hydrogen) atoms. The first-order valence-corrected chi connectivity index (χ1v) is 5.01. The Labute approximate surface area is 105 Å². The van der Waals surface area contributed by atoms with Crippen LogP contribution in [0.15, 0.2) is 6.07 Å². The molecule has 0 aromatic carbocycles. The number of alkyl halides is 3. The first-order valence-electron chi connectivity index (χ1n) is 5.01. The fraction of sp³-hybridized carbons (Fsp3) is 0.400. The van der Waals surface area contributed by atoms with Crippen molar-refractivity contribution in [3.63, 3.8) is 0 Å². The molecule has 1 heterocycles. The molecule has 9 heteroatoms. The highest BCUT2D eigenvalue weighted by Crippen LogP contribution is 2.30. The molecule has 0 saturated heterocycles. The SMILES string of the molecule is COC(=O)Cc1nc(CN)c(O)cc1OC(F)(F)F. The van der Waals surface area contributed by atoms with Crippen molar-refractivity contribution in [2.45, 2.75) is 19.3 Å². The second kappa shape index (κ2) is 5.74. The van der Waals surface area contributed by atoms with E-state index in [1.165, 1.54) is 0 Å². The lowest BCUT2D eigenvalue weighted by molar-refractivity contribution is -0.275. The Hall–Kier alpha value is -2.03. The Balaban J connectivity index is 3.18. The Kier molecular flexibility index (Phi) is 4.54. The molecular weight excluding hydrogens is 269 g/mol. The average molecular weight is 280 g/mol. The molecule has 1 rings (SSSR count). The molecule has 0 saturated carbocycles. The molecule has 0 aliphatic heterocycles. The van der Waals surface area contributed by atoms with E-state index in [1.54, 1.807) is 0 Å². The number of methoxy groups -OCH3 is 1. The van der Waals surface area contributed by atoms with Crippen LogP contribution in [0.4, 0.5) is 13.2 Å². The van der Waals surface area contributed by atoms with Crippen molar-refractivity contribution in [2.24, 2.45) is 5.73 Å². The lowest BCUT2D eigenvalue weighted by Gasteiger charge is -2.14. The summed E-state index contributed by atoms with van der Waals surface area (Å²) >= 11 is 0. The van der Waals surface area contributed by atoms with Gasteiger partial charge < -0.3 is 20.3 Å². The Morgan fingerprint density at radius 2 is 2.11 bits per heavy atom. The minimum absolute atomic E-state index is 0.0478. The summed E-state index contributed by atoms with van der Waals surface area (Å²) in [7, 11) is 1.08. The highest BCUT2D eigenvalue weighted by atomic mass is 19.4. The van der Waals surface area contributed by atoms with E-state index in [0.29, 0.717) is 6.07 Å². The molecule has 0 aliphatic rings. The molecule has 0 aliphatic carbocycles. The van der Waals surface area contributed by atoms with E-state index in [9.17, 15) is 23.1 Å². The molecule has 1 aromatic heterocycles. The largest absolute Gasteiger partial charge is 0.573 e. The van der Waals surface area contributed by atoms with Gasteiger partial charge in [0, 0.05) is 12.6 Å². The third-order valence-electron chi connectivity index (χ3n) is 2.08. The van der Waals surface area contributed by atoms with E-state index in [0.717, 1.165) is 7.11 Å². The normalized spacial score (nSPS) is 11.2. The number of aromatic nitrogens is 1. The molecule has 1 aromatic rings. The van der Waals surface area contributed by atoms with Crippen molar-refractivity contribution in [3.8, 4) is 11.5 Å². The number of nitrogens with zero attached hydrogens (tertiary/aromatic N) is 1. The average Bonchev–Trinajstić information content (AvgIpc) is 2.30. The van der Waals surface area contributed by atoms with Gasteiger partial charge in [0.2, 0.25) is 0 Å². The van der Waals surface area contributed by atoms with Crippen LogP contribution in [0.5, 0.6) is 11.5 Å². The zero-order valence-electron chi connectivity index (χ0n) is 9.82. The van der Waals surface area contributed by atoms with Crippen LogP contribution in [0.3, 0.4) is 0 Å². The van der Waals surface area contributed by atoms with Gasteiger partial charge >= 0.3 is 12.3 Å². The van der Waals surface area contributed by atoms with Gasteiger partial charge in [0.15, 0.2) is 5.75 Å². The summed E-state index contributed by atoms with van der Waals surface area (Å²) in [6, 6.07) is 0.709. The summed E-state index contributed by atoms with van der Waals surface area (Å²) in [6.07, 6.45) is -5.50. The van der Waals surface area contributed by atoms with E-state index in [1.807, 2.05) is 0 Å². The van der Waals surface area contributed by atoms with Gasteiger partial charge in [0.1, 0.15) is 5.75 Å². The summed E-state index contributed by atoms with van der Waals surface area (Å²) in [6.45, 7) is -0.202. The maximum atomic E-state index is 12.2. The summed E-state index contributed by atoms with van der Waals surface area (Å²) in [5, 5.41) is 9.40. The first-order chi connectivity index (χ1) is 8.76. The van der Waals surface area contributed by atoms with Gasteiger partial charge in [-0.15, -0.1) is 13.2 Å². The number of hydrogen-bond acceptors (Lipinski definition) is 6. The second-order valence-corrected chi connectivity index (χ2v) is 3.40. The van der Waals surface area contributed by atoms with Gasteiger partial charge in [-0.05, 0) is 0 Å². The minimum atomic E-state index is -4.97. The van der Waals surface area contributed by atoms with Crippen LogP contribution in [0, 0.1) is 0 Å². The minimum Gasteiger partial charge on any atom is -0.506 e. The molecule has 0 radical (unpaired) electrons. The zero-order valence-corrected chi connectivity index (χ0v) is 9.82. The van der Waals surface area contributed by atoms with Gasteiger partial charge in [-0.2, -0.15) is 0 Å². The molecule has 0 bridgehead atoms. The van der Waals surface area contributed by atoms with Gasteiger partial charge in [-0.1, -0.05) is 0 Å². The number of hydrogen-bond donors (Lipinski definition) is 2. The van der Waals surface area contributed by atoms with Crippen molar-refractivity contribution in [1.29, 1.82) is 0 Å². The number of ether oxygens (including phenoxy) is 2. The molecule has 3 N–H and O–H groups in total. The number of rotatable bonds is 4. The van der Waals surface area contributed by atoms with Crippen LogP contribution in [-0.4, -0.2) is 29.5 Å². The number of pyridine rings is 1. The smallest absolute Gasteiger partial charge is 0.506 e. The number of aromatic hydroxyl groups is 1. The highest BCUT2D eigenvalue weighted by molar-refractivity contribution is 5.72. The van der Waals surface area contributed by atoms with Crippen molar-refractivity contribution in [2.75, 3.05) is 7.11 Å². The van der Waals surface area contributed by atoms with Crippen LogP contribution < -0.4 is 10.5 Å². The van der Waals surface area contributed by atoms with Crippen LogP contribution >= 0.6 is 0 Å². The van der Waals surface area contributed by atoms with Gasteiger partial charge in [-0.3, -0.25) is 4.79 Å². The number of halogens is 3. The summed E-state index contributed by atoms with van der Waals surface area (Å²) < 4.78 is 44.6. The third kappa shape index (κ3) is 4.28. The maximum Gasteiger partial charge on any atom is 0.573 e. The predicted octanol–water partition coefficient (Wildman–Crippen LogP) is 0.860.